The van der Waals surface area contributed by atoms with Crippen molar-refractivity contribution in [1.29, 1.82) is 0 Å². The maximum absolute atomic E-state index is 4.59. The number of benzene rings is 1. The lowest BCUT2D eigenvalue weighted by molar-refractivity contribution is -0.718. The molecule has 0 bridgehead atoms. The van der Waals surface area contributed by atoms with Crippen molar-refractivity contribution in [2.45, 2.75) is 52.0 Å². The lowest BCUT2D eigenvalue weighted by atomic mass is 9.78. The molecule has 29 heavy (non-hydrogen) atoms. The molecule has 0 radical (unpaired) electrons. The van der Waals surface area contributed by atoms with Crippen molar-refractivity contribution in [3.05, 3.63) is 90.9 Å². The van der Waals surface area contributed by atoms with Gasteiger partial charge in [-0.1, -0.05) is 43.9 Å². The van der Waals surface area contributed by atoms with Gasteiger partial charge in [-0.2, -0.15) is 4.57 Å². The Morgan fingerprint density at radius 2 is 1.93 bits per heavy atom. The molecule has 1 aliphatic rings. The van der Waals surface area contributed by atoms with Gasteiger partial charge in [-0.15, -0.1) is 6.58 Å². The van der Waals surface area contributed by atoms with Crippen LogP contribution in [-0.2, 0) is 0 Å². The Bertz CT molecular complexity index is 908. The summed E-state index contributed by atoms with van der Waals surface area (Å²) < 4.78 is 2.48. The number of pyridine rings is 1. The third-order valence-corrected chi connectivity index (χ3v) is 6.63. The Morgan fingerprint density at radius 1 is 1.21 bits per heavy atom. The van der Waals surface area contributed by atoms with Crippen LogP contribution >= 0.6 is 0 Å². The van der Waals surface area contributed by atoms with Crippen molar-refractivity contribution in [2.75, 3.05) is 7.05 Å². The lowest BCUT2D eigenvalue weighted by Crippen LogP contribution is -2.48. The molecule has 2 heterocycles. The van der Waals surface area contributed by atoms with Crippen molar-refractivity contribution < 1.29 is 4.57 Å². The highest BCUT2D eigenvalue weighted by molar-refractivity contribution is 5.64. The third kappa shape index (κ3) is 4.07. The zero-order valence-corrected chi connectivity index (χ0v) is 18.4. The van der Waals surface area contributed by atoms with Crippen LogP contribution in [0.3, 0.4) is 0 Å². The van der Waals surface area contributed by atoms with E-state index in [1.807, 2.05) is 0 Å². The minimum Gasteiger partial charge on any atom is -0.352 e. The molecule has 0 saturated carbocycles. The van der Waals surface area contributed by atoms with Crippen LogP contribution in [0, 0.1) is 5.92 Å². The van der Waals surface area contributed by atoms with Gasteiger partial charge in [0, 0.05) is 37.0 Å². The molecular weight excluding hydrogens is 352 g/mol. The van der Waals surface area contributed by atoms with E-state index in [1.54, 1.807) is 0 Å². The molecule has 0 spiro atoms. The van der Waals surface area contributed by atoms with Gasteiger partial charge in [-0.3, -0.25) is 0 Å². The maximum atomic E-state index is 4.59. The van der Waals surface area contributed by atoms with Gasteiger partial charge >= 0.3 is 0 Å². The summed E-state index contributed by atoms with van der Waals surface area (Å²) in [6.07, 6.45) is 9.90. The van der Waals surface area contributed by atoms with E-state index < -0.39 is 0 Å². The molecule has 152 valence electrons. The van der Waals surface area contributed by atoms with Gasteiger partial charge in [0.2, 0.25) is 5.69 Å². The molecule has 2 heteroatoms. The summed E-state index contributed by atoms with van der Waals surface area (Å²) in [4.78, 5) is 2.26. The van der Waals surface area contributed by atoms with Crippen LogP contribution < -0.4 is 4.57 Å². The normalized spacial score (nSPS) is 19.1. The van der Waals surface area contributed by atoms with Crippen molar-refractivity contribution >= 4 is 0 Å². The van der Waals surface area contributed by atoms with Gasteiger partial charge < -0.3 is 4.90 Å². The van der Waals surface area contributed by atoms with Crippen LogP contribution in [-0.4, -0.2) is 11.9 Å². The molecule has 0 amide bonds. The molecule has 0 saturated heterocycles. The van der Waals surface area contributed by atoms with Crippen LogP contribution in [0.25, 0.3) is 11.3 Å². The average Bonchev–Trinajstić information content (AvgIpc) is 2.78. The van der Waals surface area contributed by atoms with E-state index >= 15 is 0 Å². The predicted molar refractivity (Wildman–Crippen MR) is 123 cm³/mol. The Hall–Kier alpha value is -2.61. The van der Waals surface area contributed by atoms with Gasteiger partial charge in [0.25, 0.3) is 0 Å². The van der Waals surface area contributed by atoms with E-state index in [9.17, 15) is 0 Å². The second-order valence-corrected chi connectivity index (χ2v) is 8.09. The first-order valence-electron chi connectivity index (χ1n) is 10.8. The lowest BCUT2D eigenvalue weighted by Gasteiger charge is -2.36. The molecule has 1 aromatic carbocycles. The summed E-state index contributed by atoms with van der Waals surface area (Å²) in [5.41, 5.74) is 6.39. The van der Waals surface area contributed by atoms with Gasteiger partial charge in [-0.05, 0) is 50.3 Å². The molecule has 0 N–H and O–H groups in total. The number of nitrogens with zero attached hydrogens (tertiary/aromatic N) is 2. The van der Waals surface area contributed by atoms with E-state index in [0.29, 0.717) is 12.0 Å². The van der Waals surface area contributed by atoms with Crippen molar-refractivity contribution in [3.8, 4) is 11.3 Å². The minimum atomic E-state index is 0.244. The Labute approximate surface area is 176 Å². The van der Waals surface area contributed by atoms with Gasteiger partial charge in [0.05, 0.1) is 11.5 Å². The van der Waals surface area contributed by atoms with Crippen molar-refractivity contribution in [1.82, 2.24) is 4.90 Å². The molecule has 1 aromatic heterocycles. The molecule has 1 aliphatic heterocycles. The summed E-state index contributed by atoms with van der Waals surface area (Å²) in [7, 11) is 2.14. The monoisotopic (exact) mass is 387 g/mol. The Morgan fingerprint density at radius 3 is 2.62 bits per heavy atom. The predicted octanol–water partition coefficient (Wildman–Crippen LogP) is 6.64. The molecule has 3 unspecified atom stereocenters. The molecule has 0 fully saturated rings. The van der Waals surface area contributed by atoms with Gasteiger partial charge in [-0.25, -0.2) is 0 Å². The van der Waals surface area contributed by atoms with Crippen LogP contribution in [0.4, 0.5) is 0 Å². The average molecular weight is 388 g/mol. The summed E-state index contributed by atoms with van der Waals surface area (Å²) in [5.74, 6) is 0.803. The number of likely N-dealkylation sites (N-methyl/N-ethyl adjacent to an activating group) is 1. The molecule has 0 aliphatic carbocycles. The first kappa shape index (κ1) is 21.1. The molecule has 3 rings (SSSR count). The Kier molecular flexibility index (Phi) is 6.74. The third-order valence-electron chi connectivity index (χ3n) is 6.63. The number of allylic oxidation sites excluding steroid dienone is 4. The minimum absolute atomic E-state index is 0.244. The topological polar surface area (TPSA) is 7.12 Å². The standard InChI is InChI=1S/C27H35N2/c1-7-20(4)28(6)21(5)27-24-15-11-10-14-23(24)25-16-12-13-19-29(25)26(27)18-17-22(8-2)9-3/h7-8,10-16,19,22,26-27H,2,5,9,17-18H2,1,3-4,6H3/q+1/b20-7-. The zero-order valence-electron chi connectivity index (χ0n) is 18.4. The second kappa shape index (κ2) is 9.26. The smallest absolute Gasteiger partial charge is 0.213 e. The van der Waals surface area contributed by atoms with Crippen LogP contribution in [0.5, 0.6) is 0 Å². The van der Waals surface area contributed by atoms with Crippen molar-refractivity contribution in [3.63, 3.8) is 0 Å². The van der Waals surface area contributed by atoms with Crippen LogP contribution in [0.1, 0.15) is 57.6 Å². The van der Waals surface area contributed by atoms with Gasteiger partial charge in [0.1, 0.15) is 0 Å². The number of hydrogen-bond acceptors (Lipinski definition) is 1. The quantitative estimate of drug-likeness (QED) is 0.364. The fourth-order valence-electron chi connectivity index (χ4n) is 4.55. The number of aromatic nitrogens is 1. The molecule has 2 aromatic rings. The number of hydrogen-bond donors (Lipinski definition) is 0. The number of fused-ring (bicyclic) bond motifs is 3. The van der Waals surface area contributed by atoms with E-state index in [2.05, 4.69) is 111 Å². The van der Waals surface area contributed by atoms with Crippen molar-refractivity contribution in [2.24, 2.45) is 5.92 Å². The summed E-state index contributed by atoms with van der Waals surface area (Å²) in [6, 6.07) is 15.7. The fourth-order valence-corrected chi connectivity index (χ4v) is 4.55. The van der Waals surface area contributed by atoms with E-state index in [0.717, 1.165) is 25.0 Å². The molecule has 2 nitrogen and oxygen atoms in total. The van der Waals surface area contributed by atoms with Gasteiger partial charge in [0.15, 0.2) is 12.2 Å². The highest BCUT2D eigenvalue weighted by Crippen LogP contribution is 2.44. The summed E-state index contributed by atoms with van der Waals surface area (Å²) >= 11 is 0. The zero-order chi connectivity index (χ0) is 21.0. The first-order chi connectivity index (χ1) is 14.0. The highest BCUT2D eigenvalue weighted by Gasteiger charge is 2.42. The fraction of sp³-hybridized carbons (Fsp3) is 0.370. The maximum Gasteiger partial charge on any atom is 0.213 e. The summed E-state index contributed by atoms with van der Waals surface area (Å²) in [5, 5.41) is 0. The van der Waals surface area contributed by atoms with Crippen LogP contribution in [0.15, 0.2) is 85.4 Å². The molecule has 3 atom stereocenters. The van der Waals surface area contributed by atoms with Crippen LogP contribution in [0.2, 0.25) is 0 Å². The highest BCUT2D eigenvalue weighted by atomic mass is 15.1. The van der Waals surface area contributed by atoms with E-state index in [-0.39, 0.29) is 5.92 Å². The second-order valence-electron chi connectivity index (χ2n) is 8.09. The number of rotatable bonds is 8. The SMILES string of the molecule is C=CC(CC)CCC1C(C(=C)N(C)/C(C)=C\C)c2ccccc2-c2cccc[n+]21. The van der Waals surface area contributed by atoms with E-state index in [4.69, 9.17) is 0 Å². The largest absolute Gasteiger partial charge is 0.352 e. The van der Waals surface area contributed by atoms with E-state index in [1.165, 1.54) is 22.5 Å². The summed E-state index contributed by atoms with van der Waals surface area (Å²) in [6.45, 7) is 15.1. The molecular formula is C27H35N2+. The Balaban J connectivity index is 2.11. The first-order valence-corrected chi connectivity index (χ1v) is 10.8.